The second kappa shape index (κ2) is 5.59. The van der Waals surface area contributed by atoms with Crippen LogP contribution in [-0.2, 0) is 11.2 Å². The van der Waals surface area contributed by atoms with Gasteiger partial charge in [0, 0.05) is 11.4 Å². The molecular weight excluding hydrogens is 261 g/mol. The lowest BCUT2D eigenvalue weighted by Crippen LogP contribution is -2.13. The first-order chi connectivity index (χ1) is 7.37. The average molecular weight is 269 g/mol. The minimum absolute atomic E-state index is 0.0160. The molecule has 1 aromatic rings. The molecule has 0 amide bonds. The molecule has 0 radical (unpaired) electrons. The SMILES string of the molecule is O=C(Cc1ccc(Cl)cc1)SCC(F)(F)F. The highest BCUT2D eigenvalue weighted by Crippen LogP contribution is 2.22. The number of carbonyl (C=O) groups excluding carboxylic acids is 1. The van der Waals surface area contributed by atoms with E-state index in [-0.39, 0.29) is 18.2 Å². The molecule has 0 atom stereocenters. The summed E-state index contributed by atoms with van der Waals surface area (Å²) in [4.78, 5) is 11.2. The fourth-order valence-electron chi connectivity index (χ4n) is 0.982. The van der Waals surface area contributed by atoms with Gasteiger partial charge in [0.05, 0.1) is 5.75 Å². The summed E-state index contributed by atoms with van der Waals surface area (Å²) >= 11 is 5.92. The topological polar surface area (TPSA) is 17.1 Å². The number of halogens is 4. The molecule has 1 rings (SSSR count). The predicted octanol–water partition coefficient (Wildman–Crippen LogP) is 3.70. The molecule has 0 heterocycles. The molecule has 0 N–H and O–H groups in total. The summed E-state index contributed by atoms with van der Waals surface area (Å²) in [5.41, 5.74) is 0.657. The van der Waals surface area contributed by atoms with Gasteiger partial charge in [0.25, 0.3) is 0 Å². The first kappa shape index (κ1) is 13.4. The van der Waals surface area contributed by atoms with Crippen molar-refractivity contribution in [1.82, 2.24) is 0 Å². The summed E-state index contributed by atoms with van der Waals surface area (Å²) in [7, 11) is 0. The highest BCUT2D eigenvalue weighted by atomic mass is 35.5. The van der Waals surface area contributed by atoms with Crippen LogP contribution >= 0.6 is 23.4 Å². The number of hydrogen-bond acceptors (Lipinski definition) is 2. The van der Waals surface area contributed by atoms with Crippen LogP contribution in [0.3, 0.4) is 0 Å². The first-order valence-electron chi connectivity index (χ1n) is 4.33. The van der Waals surface area contributed by atoms with Crippen LogP contribution in [0.4, 0.5) is 13.2 Å². The van der Waals surface area contributed by atoms with Crippen molar-refractivity contribution in [2.75, 3.05) is 5.75 Å². The molecule has 0 aromatic heterocycles. The van der Waals surface area contributed by atoms with E-state index >= 15 is 0 Å². The number of rotatable bonds is 3. The van der Waals surface area contributed by atoms with Crippen molar-refractivity contribution in [2.24, 2.45) is 0 Å². The Balaban J connectivity index is 2.43. The molecule has 0 spiro atoms. The van der Waals surface area contributed by atoms with Gasteiger partial charge in [-0.15, -0.1) is 0 Å². The largest absolute Gasteiger partial charge is 0.398 e. The van der Waals surface area contributed by atoms with Crippen LogP contribution in [0.1, 0.15) is 5.56 Å². The van der Waals surface area contributed by atoms with Gasteiger partial charge >= 0.3 is 6.18 Å². The van der Waals surface area contributed by atoms with Crippen LogP contribution in [0.15, 0.2) is 24.3 Å². The average Bonchev–Trinajstić information content (AvgIpc) is 2.18. The lowest BCUT2D eigenvalue weighted by atomic mass is 10.2. The van der Waals surface area contributed by atoms with E-state index in [9.17, 15) is 18.0 Å². The number of hydrogen-bond donors (Lipinski definition) is 0. The van der Waals surface area contributed by atoms with Crippen LogP contribution in [0.5, 0.6) is 0 Å². The van der Waals surface area contributed by atoms with E-state index in [0.717, 1.165) is 0 Å². The Bertz CT molecular complexity index is 361. The van der Waals surface area contributed by atoms with Crippen molar-refractivity contribution in [1.29, 1.82) is 0 Å². The standard InChI is InChI=1S/C10H8ClF3OS/c11-8-3-1-7(2-4-8)5-9(15)16-6-10(12,13)14/h1-4H,5-6H2. The Labute approximate surface area is 100.0 Å². The van der Waals surface area contributed by atoms with Crippen molar-refractivity contribution in [3.8, 4) is 0 Å². The monoisotopic (exact) mass is 268 g/mol. The zero-order chi connectivity index (χ0) is 12.2. The van der Waals surface area contributed by atoms with Gasteiger partial charge in [-0.05, 0) is 17.7 Å². The minimum atomic E-state index is -4.31. The second-order valence-electron chi connectivity index (χ2n) is 3.08. The van der Waals surface area contributed by atoms with E-state index in [0.29, 0.717) is 10.6 Å². The summed E-state index contributed by atoms with van der Waals surface area (Å²) < 4.78 is 35.5. The lowest BCUT2D eigenvalue weighted by Gasteiger charge is -2.04. The fourth-order valence-corrected chi connectivity index (χ4v) is 1.70. The number of benzene rings is 1. The molecule has 0 aliphatic rings. The highest BCUT2D eigenvalue weighted by molar-refractivity contribution is 8.13. The summed E-state index contributed by atoms with van der Waals surface area (Å²) in [5, 5.41) is 0.0267. The zero-order valence-electron chi connectivity index (χ0n) is 8.05. The molecule has 0 unspecified atom stereocenters. The zero-order valence-corrected chi connectivity index (χ0v) is 9.62. The molecule has 0 bridgehead atoms. The van der Waals surface area contributed by atoms with Crippen LogP contribution in [-0.4, -0.2) is 17.0 Å². The second-order valence-corrected chi connectivity index (χ2v) is 4.55. The van der Waals surface area contributed by atoms with Crippen LogP contribution < -0.4 is 0 Å². The Kier molecular flexibility index (Phi) is 4.68. The van der Waals surface area contributed by atoms with Gasteiger partial charge in [-0.25, -0.2) is 0 Å². The molecule has 0 fully saturated rings. The fraction of sp³-hybridized carbons (Fsp3) is 0.300. The smallest absolute Gasteiger partial charge is 0.287 e. The van der Waals surface area contributed by atoms with Gasteiger partial charge in [-0.1, -0.05) is 35.5 Å². The number of carbonyl (C=O) groups is 1. The molecule has 0 saturated heterocycles. The van der Waals surface area contributed by atoms with Crippen molar-refractivity contribution in [2.45, 2.75) is 12.6 Å². The molecule has 0 saturated carbocycles. The number of thioether (sulfide) groups is 1. The van der Waals surface area contributed by atoms with Crippen LogP contribution in [0.25, 0.3) is 0 Å². The van der Waals surface area contributed by atoms with Crippen molar-refractivity contribution in [3.05, 3.63) is 34.9 Å². The van der Waals surface area contributed by atoms with Gasteiger partial charge in [0.1, 0.15) is 0 Å². The number of alkyl halides is 3. The Morgan fingerprint density at radius 3 is 2.31 bits per heavy atom. The molecular formula is C10H8ClF3OS. The molecule has 0 aliphatic carbocycles. The van der Waals surface area contributed by atoms with Gasteiger partial charge < -0.3 is 0 Å². The highest BCUT2D eigenvalue weighted by Gasteiger charge is 2.28. The van der Waals surface area contributed by atoms with Crippen molar-refractivity contribution >= 4 is 28.5 Å². The normalized spacial score (nSPS) is 11.5. The van der Waals surface area contributed by atoms with E-state index in [1.165, 1.54) is 0 Å². The van der Waals surface area contributed by atoms with E-state index in [1.807, 2.05) is 0 Å². The predicted molar refractivity (Wildman–Crippen MR) is 58.7 cm³/mol. The Morgan fingerprint density at radius 2 is 1.81 bits per heavy atom. The molecule has 0 aliphatic heterocycles. The maximum Gasteiger partial charge on any atom is 0.398 e. The van der Waals surface area contributed by atoms with Gasteiger partial charge in [0.2, 0.25) is 0 Å². The van der Waals surface area contributed by atoms with Gasteiger partial charge in [0.15, 0.2) is 5.12 Å². The summed E-state index contributed by atoms with van der Waals surface area (Å²) in [6, 6.07) is 6.43. The van der Waals surface area contributed by atoms with Crippen molar-refractivity contribution < 1.29 is 18.0 Å². The molecule has 6 heteroatoms. The first-order valence-corrected chi connectivity index (χ1v) is 5.70. The molecule has 16 heavy (non-hydrogen) atoms. The van der Waals surface area contributed by atoms with E-state index < -0.39 is 17.0 Å². The van der Waals surface area contributed by atoms with E-state index in [1.54, 1.807) is 24.3 Å². The molecule has 88 valence electrons. The third-order valence-electron chi connectivity index (χ3n) is 1.66. The van der Waals surface area contributed by atoms with E-state index in [2.05, 4.69) is 0 Å². The van der Waals surface area contributed by atoms with Gasteiger partial charge in [-0.3, -0.25) is 4.79 Å². The summed E-state index contributed by atoms with van der Waals surface area (Å²) in [6.07, 6.45) is -4.32. The Hall–Kier alpha value is -0.680. The quantitative estimate of drug-likeness (QED) is 0.831. The van der Waals surface area contributed by atoms with E-state index in [4.69, 9.17) is 11.6 Å². The minimum Gasteiger partial charge on any atom is -0.287 e. The lowest BCUT2D eigenvalue weighted by molar-refractivity contribution is -0.113. The molecule has 1 nitrogen and oxygen atoms in total. The van der Waals surface area contributed by atoms with Crippen LogP contribution in [0.2, 0.25) is 5.02 Å². The maximum absolute atomic E-state index is 11.8. The third-order valence-corrected chi connectivity index (χ3v) is 2.85. The van der Waals surface area contributed by atoms with Crippen molar-refractivity contribution in [3.63, 3.8) is 0 Å². The third kappa shape index (κ3) is 5.42. The summed E-state index contributed by atoms with van der Waals surface area (Å²) in [5.74, 6) is -1.14. The Morgan fingerprint density at radius 1 is 1.25 bits per heavy atom. The summed E-state index contributed by atoms with van der Waals surface area (Å²) in [6.45, 7) is 0. The molecule has 1 aromatic carbocycles. The van der Waals surface area contributed by atoms with Crippen LogP contribution in [0, 0.1) is 0 Å². The maximum atomic E-state index is 11.8. The van der Waals surface area contributed by atoms with Gasteiger partial charge in [-0.2, -0.15) is 13.2 Å².